The predicted molar refractivity (Wildman–Crippen MR) is 55.2 cm³/mol. The highest BCUT2D eigenvalue weighted by Crippen LogP contribution is 2.22. The predicted octanol–water partition coefficient (Wildman–Crippen LogP) is 3.72. The summed E-state index contributed by atoms with van der Waals surface area (Å²) in [4.78, 5) is 0. The molecule has 64 valence electrons. The minimum absolute atomic E-state index is 0.706. The van der Waals surface area contributed by atoms with Gasteiger partial charge in [0.1, 0.15) is 0 Å². The largest absolute Gasteiger partial charge is 0.504 e. The van der Waals surface area contributed by atoms with E-state index in [-0.39, 0.29) is 0 Å². The maximum absolute atomic E-state index is 5.93. The van der Waals surface area contributed by atoms with E-state index in [1.807, 2.05) is 24.3 Å². The first-order valence-corrected chi connectivity index (χ1v) is 4.55. The van der Waals surface area contributed by atoms with Crippen molar-refractivity contribution in [1.29, 1.82) is 0 Å². The summed E-state index contributed by atoms with van der Waals surface area (Å²) in [6.45, 7) is 0. The Balaban J connectivity index is 2.94. The third kappa shape index (κ3) is 2.54. The molecule has 0 heterocycles. The lowest BCUT2D eigenvalue weighted by atomic mass is 10.2. The average molecular weight is 248 g/mol. The molecule has 0 aliphatic carbocycles. The molecule has 0 aromatic heterocycles. The van der Waals surface area contributed by atoms with Crippen LogP contribution < -0.4 is 0 Å². The van der Waals surface area contributed by atoms with Gasteiger partial charge >= 0.3 is 0 Å². The van der Waals surface area contributed by atoms with Crippen molar-refractivity contribution in [1.82, 2.24) is 0 Å². The minimum atomic E-state index is 0.706. The molecule has 1 rings (SSSR count). The quantitative estimate of drug-likeness (QED) is 0.724. The number of hydrogen-bond donors (Lipinski definition) is 0. The van der Waals surface area contributed by atoms with Crippen molar-refractivity contribution in [2.24, 2.45) is 0 Å². The van der Waals surface area contributed by atoms with Crippen LogP contribution in [-0.4, -0.2) is 7.11 Å². The van der Waals surface area contributed by atoms with Gasteiger partial charge in [-0.25, -0.2) is 0 Å². The van der Waals surface area contributed by atoms with Crippen LogP contribution in [0, 0.1) is 0 Å². The van der Waals surface area contributed by atoms with E-state index >= 15 is 0 Å². The number of rotatable bonds is 2. The summed E-state index contributed by atoms with van der Waals surface area (Å²) in [5.74, 6) is 0. The van der Waals surface area contributed by atoms with Gasteiger partial charge in [-0.1, -0.05) is 33.6 Å². The molecule has 0 saturated heterocycles. The summed E-state index contributed by atoms with van der Waals surface area (Å²) in [6.07, 6.45) is 3.41. The molecule has 0 bridgehead atoms. The Hall–Kier alpha value is -0.470. The van der Waals surface area contributed by atoms with Gasteiger partial charge in [-0.05, 0) is 23.8 Å². The number of ether oxygens (including phenoxy) is 1. The van der Waals surface area contributed by atoms with E-state index in [9.17, 15) is 0 Å². The van der Waals surface area contributed by atoms with Gasteiger partial charge in [0.15, 0.2) is 0 Å². The Morgan fingerprint density at radius 3 is 2.83 bits per heavy atom. The van der Waals surface area contributed by atoms with Crippen LogP contribution in [0.1, 0.15) is 5.56 Å². The SMILES string of the molecule is COC=Cc1ccc(Br)cc1Cl. The molecule has 0 saturated carbocycles. The Kier molecular flexibility index (Phi) is 3.63. The molecule has 1 nitrogen and oxygen atoms in total. The lowest BCUT2D eigenvalue weighted by molar-refractivity contribution is 0.341. The molecule has 0 unspecified atom stereocenters. The average Bonchev–Trinajstić information content (AvgIpc) is 2.03. The van der Waals surface area contributed by atoms with Crippen LogP contribution in [0.15, 0.2) is 28.9 Å². The first kappa shape index (κ1) is 9.62. The summed E-state index contributed by atoms with van der Waals surface area (Å²) in [6, 6.07) is 5.69. The number of methoxy groups -OCH3 is 1. The molecule has 0 aliphatic rings. The Morgan fingerprint density at radius 2 is 2.25 bits per heavy atom. The molecular weight excluding hydrogens is 239 g/mol. The van der Waals surface area contributed by atoms with Gasteiger partial charge in [-0.3, -0.25) is 0 Å². The van der Waals surface area contributed by atoms with Crippen LogP contribution in [0.4, 0.5) is 0 Å². The summed E-state index contributed by atoms with van der Waals surface area (Å²) in [7, 11) is 1.60. The summed E-state index contributed by atoms with van der Waals surface area (Å²) in [5, 5.41) is 0.706. The number of benzene rings is 1. The maximum Gasteiger partial charge on any atom is 0.0831 e. The fraction of sp³-hybridized carbons (Fsp3) is 0.111. The second-order valence-corrected chi connectivity index (χ2v) is 3.53. The van der Waals surface area contributed by atoms with Crippen molar-refractivity contribution in [3.8, 4) is 0 Å². The molecule has 12 heavy (non-hydrogen) atoms. The second-order valence-electron chi connectivity index (χ2n) is 2.20. The van der Waals surface area contributed by atoms with Crippen molar-refractivity contribution >= 4 is 33.6 Å². The molecule has 0 fully saturated rings. The normalized spacial score (nSPS) is 10.6. The Bertz CT molecular complexity index is 297. The standard InChI is InChI=1S/C9H8BrClO/c1-12-5-4-7-2-3-8(10)6-9(7)11/h2-6H,1H3. The van der Waals surface area contributed by atoms with Crippen LogP contribution in [0.5, 0.6) is 0 Å². The number of halogens is 2. The smallest absolute Gasteiger partial charge is 0.0831 e. The lowest BCUT2D eigenvalue weighted by Crippen LogP contribution is -1.75. The Labute approximate surface area is 85.1 Å². The molecule has 0 radical (unpaired) electrons. The first-order valence-electron chi connectivity index (χ1n) is 3.38. The molecule has 0 spiro atoms. The van der Waals surface area contributed by atoms with Crippen LogP contribution >= 0.6 is 27.5 Å². The zero-order valence-corrected chi connectivity index (χ0v) is 8.89. The van der Waals surface area contributed by atoms with Crippen molar-refractivity contribution < 1.29 is 4.74 Å². The van der Waals surface area contributed by atoms with Crippen LogP contribution in [0.3, 0.4) is 0 Å². The molecule has 0 N–H and O–H groups in total. The summed E-state index contributed by atoms with van der Waals surface area (Å²) in [5.41, 5.74) is 0.946. The first-order chi connectivity index (χ1) is 5.74. The minimum Gasteiger partial charge on any atom is -0.504 e. The molecule has 0 atom stereocenters. The van der Waals surface area contributed by atoms with E-state index in [2.05, 4.69) is 15.9 Å². The zero-order chi connectivity index (χ0) is 8.97. The highest BCUT2D eigenvalue weighted by molar-refractivity contribution is 9.10. The van der Waals surface area contributed by atoms with E-state index < -0.39 is 0 Å². The van der Waals surface area contributed by atoms with Crippen LogP contribution in [0.25, 0.3) is 6.08 Å². The zero-order valence-electron chi connectivity index (χ0n) is 6.55. The highest BCUT2D eigenvalue weighted by atomic mass is 79.9. The van der Waals surface area contributed by atoms with E-state index in [0.29, 0.717) is 5.02 Å². The monoisotopic (exact) mass is 246 g/mol. The van der Waals surface area contributed by atoms with Gasteiger partial charge in [-0.15, -0.1) is 0 Å². The summed E-state index contributed by atoms with van der Waals surface area (Å²) >= 11 is 9.25. The summed E-state index contributed by atoms with van der Waals surface area (Å²) < 4.78 is 5.75. The highest BCUT2D eigenvalue weighted by Gasteiger charge is 1.95. The van der Waals surface area contributed by atoms with Crippen molar-refractivity contribution in [3.05, 3.63) is 39.5 Å². The van der Waals surface area contributed by atoms with E-state index in [1.165, 1.54) is 0 Å². The van der Waals surface area contributed by atoms with E-state index in [1.54, 1.807) is 13.4 Å². The maximum atomic E-state index is 5.93. The van der Waals surface area contributed by atoms with Gasteiger partial charge in [-0.2, -0.15) is 0 Å². The molecular formula is C9H8BrClO. The second kappa shape index (κ2) is 4.53. The van der Waals surface area contributed by atoms with E-state index in [0.717, 1.165) is 10.0 Å². The lowest BCUT2D eigenvalue weighted by Gasteiger charge is -1.97. The molecule has 0 aliphatic heterocycles. The van der Waals surface area contributed by atoms with Crippen molar-refractivity contribution in [2.45, 2.75) is 0 Å². The van der Waals surface area contributed by atoms with Gasteiger partial charge in [0.2, 0.25) is 0 Å². The van der Waals surface area contributed by atoms with Crippen molar-refractivity contribution in [2.75, 3.05) is 7.11 Å². The Morgan fingerprint density at radius 1 is 1.50 bits per heavy atom. The third-order valence-corrected chi connectivity index (χ3v) is 2.17. The number of hydrogen-bond acceptors (Lipinski definition) is 1. The molecule has 3 heteroatoms. The molecule has 1 aromatic carbocycles. The third-order valence-electron chi connectivity index (χ3n) is 1.35. The fourth-order valence-electron chi connectivity index (χ4n) is 0.778. The van der Waals surface area contributed by atoms with Gasteiger partial charge < -0.3 is 4.74 Å². The van der Waals surface area contributed by atoms with Crippen molar-refractivity contribution in [3.63, 3.8) is 0 Å². The van der Waals surface area contributed by atoms with Crippen LogP contribution in [-0.2, 0) is 4.74 Å². The van der Waals surface area contributed by atoms with Gasteiger partial charge in [0, 0.05) is 9.50 Å². The van der Waals surface area contributed by atoms with Crippen LogP contribution in [0.2, 0.25) is 5.02 Å². The van der Waals surface area contributed by atoms with Gasteiger partial charge in [0.05, 0.1) is 13.4 Å². The molecule has 1 aromatic rings. The van der Waals surface area contributed by atoms with Gasteiger partial charge in [0.25, 0.3) is 0 Å². The molecule has 0 amide bonds. The van der Waals surface area contributed by atoms with E-state index in [4.69, 9.17) is 16.3 Å². The fourth-order valence-corrected chi connectivity index (χ4v) is 1.51. The topological polar surface area (TPSA) is 9.23 Å².